The van der Waals surface area contributed by atoms with Crippen LogP contribution in [0.15, 0.2) is 130 Å². The number of pyridine rings is 2. The highest BCUT2D eigenvalue weighted by molar-refractivity contribution is 8.03. The average Bonchev–Trinajstić information content (AvgIpc) is 3.74. The summed E-state index contributed by atoms with van der Waals surface area (Å²) in [6, 6.07) is 21.5. The van der Waals surface area contributed by atoms with E-state index in [2.05, 4.69) is 9.97 Å². The third-order valence-corrected chi connectivity index (χ3v) is 12.1. The summed E-state index contributed by atoms with van der Waals surface area (Å²) in [4.78, 5) is 36.2. The van der Waals surface area contributed by atoms with Gasteiger partial charge in [0.05, 0.1) is 37.7 Å². The summed E-state index contributed by atoms with van der Waals surface area (Å²) in [7, 11) is -8.68. The minimum atomic E-state index is -4.46. The second-order valence-corrected chi connectivity index (χ2v) is 17.9. The zero-order valence-corrected chi connectivity index (χ0v) is 33.8. The molecule has 292 valence electrons. The number of carbonyl (C=O) groups excluding carboxylic acids is 2. The number of hydrogen-bond acceptors (Lipinski definition) is 13. The number of ketones is 2. The number of nitrogens with zero attached hydrogens (tertiary/aromatic N) is 4. The van der Waals surface area contributed by atoms with Gasteiger partial charge in [-0.15, -0.1) is 0 Å². The second-order valence-electron chi connectivity index (χ2n) is 11.8. The van der Waals surface area contributed by atoms with Crippen LogP contribution in [0.3, 0.4) is 0 Å². The number of fused-ring (bicyclic) bond motifs is 2. The molecule has 0 amide bonds. The zero-order valence-electron chi connectivity index (χ0n) is 29.1. The fourth-order valence-corrected chi connectivity index (χ4v) is 9.18. The molecule has 56 heavy (non-hydrogen) atoms. The molecule has 0 unspecified atom stereocenters. The van der Waals surface area contributed by atoms with Crippen molar-refractivity contribution >= 4 is 100 Å². The van der Waals surface area contributed by atoms with E-state index in [1.54, 1.807) is 70.7 Å². The van der Waals surface area contributed by atoms with Crippen LogP contribution in [0.1, 0.15) is 17.8 Å². The molecule has 7 rings (SSSR count). The zero-order chi connectivity index (χ0) is 40.5. The summed E-state index contributed by atoms with van der Waals surface area (Å²) in [6.07, 6.45) is 9.72. The van der Waals surface area contributed by atoms with E-state index < -0.39 is 49.1 Å². The summed E-state index contributed by atoms with van der Waals surface area (Å²) in [5.74, 6) is -3.58. The SMILES string of the molecule is O=C1C(=O)/C(=C\c2sc3cc(Cl)ccc3[n+]2CCCS(=O)(=O)[O-])C(O)=C1/C=C1\Sc2cc(Cl)ccc2N1CCCS(=O)(=O)O.c1ccncc1.c1ccncc1. The highest BCUT2D eigenvalue weighted by Gasteiger charge is 2.38. The Bertz CT molecular complexity index is 2460. The lowest BCUT2D eigenvalue weighted by molar-refractivity contribution is -0.668. The topological polar surface area (TPSA) is 199 Å². The van der Waals surface area contributed by atoms with E-state index in [1.807, 2.05) is 36.4 Å². The first-order valence-electron chi connectivity index (χ1n) is 16.5. The number of aromatic nitrogens is 3. The molecule has 4 heterocycles. The smallest absolute Gasteiger partial charge is 0.264 e. The van der Waals surface area contributed by atoms with Gasteiger partial charge in [-0.1, -0.05) is 58.4 Å². The van der Waals surface area contributed by atoms with Gasteiger partial charge in [-0.05, 0) is 67.1 Å². The van der Waals surface area contributed by atoms with Gasteiger partial charge in [0.2, 0.25) is 17.1 Å². The van der Waals surface area contributed by atoms with E-state index in [0.29, 0.717) is 40.9 Å². The van der Waals surface area contributed by atoms with E-state index in [9.17, 15) is 36.1 Å². The number of thiazole rings is 1. The van der Waals surface area contributed by atoms with Gasteiger partial charge in [0.25, 0.3) is 15.1 Å². The van der Waals surface area contributed by atoms with Crippen LogP contribution in [0.25, 0.3) is 16.3 Å². The van der Waals surface area contributed by atoms with Crippen molar-refractivity contribution in [1.82, 2.24) is 9.97 Å². The van der Waals surface area contributed by atoms with Crippen LogP contribution in [0.5, 0.6) is 0 Å². The number of carbonyl (C=O) groups is 2. The van der Waals surface area contributed by atoms with Gasteiger partial charge in [-0.2, -0.15) is 13.0 Å². The first-order valence-corrected chi connectivity index (χ1v) is 22.1. The minimum absolute atomic E-state index is 0.0115. The first kappa shape index (κ1) is 42.7. The molecule has 0 bridgehead atoms. The van der Waals surface area contributed by atoms with Crippen molar-refractivity contribution in [3.63, 3.8) is 0 Å². The van der Waals surface area contributed by atoms with Gasteiger partial charge in [0.15, 0.2) is 6.54 Å². The fourth-order valence-electron chi connectivity index (χ4n) is 5.38. The van der Waals surface area contributed by atoms with E-state index in [1.165, 1.54) is 35.3 Å². The van der Waals surface area contributed by atoms with Crippen LogP contribution in [-0.2, 0) is 36.4 Å². The van der Waals surface area contributed by atoms with Crippen LogP contribution < -0.4 is 9.47 Å². The van der Waals surface area contributed by atoms with Crippen molar-refractivity contribution in [2.24, 2.45) is 0 Å². The molecule has 1 aliphatic heterocycles. The summed E-state index contributed by atoms with van der Waals surface area (Å²) in [5, 5.41) is 12.9. The molecule has 1 aliphatic carbocycles. The molecule has 0 radical (unpaired) electrons. The van der Waals surface area contributed by atoms with Crippen LogP contribution in [0, 0.1) is 0 Å². The van der Waals surface area contributed by atoms with Gasteiger partial charge in [0.1, 0.15) is 10.5 Å². The van der Waals surface area contributed by atoms with Gasteiger partial charge in [0, 0.05) is 70.6 Å². The number of thioether (sulfide) groups is 1. The third kappa shape index (κ3) is 11.8. The lowest BCUT2D eigenvalue weighted by atomic mass is 10.1. The summed E-state index contributed by atoms with van der Waals surface area (Å²) in [5.41, 5.74) is 0.775. The molecule has 0 spiro atoms. The quantitative estimate of drug-likeness (QED) is 0.0653. The molecule has 13 nitrogen and oxygen atoms in total. The van der Waals surface area contributed by atoms with E-state index in [-0.39, 0.29) is 37.1 Å². The maximum Gasteiger partial charge on any atom is 0.264 e. The van der Waals surface area contributed by atoms with Gasteiger partial charge < -0.3 is 14.6 Å². The Morgan fingerprint density at radius 2 is 1.45 bits per heavy atom. The van der Waals surface area contributed by atoms with Crippen molar-refractivity contribution < 1.29 is 45.2 Å². The number of benzene rings is 2. The molecule has 3 aromatic heterocycles. The normalized spacial score (nSPS) is 15.5. The summed E-state index contributed by atoms with van der Waals surface area (Å²) in [6.45, 7) is 0.233. The Balaban J connectivity index is 0.000000424. The van der Waals surface area contributed by atoms with Crippen molar-refractivity contribution in [2.45, 2.75) is 24.3 Å². The number of anilines is 1. The standard InChI is InChI=1S/C27H22Cl2N2O9S4.2C5H5N/c28-15-3-5-19-21(11-15)41-23(30(19)7-1-9-43(35,36)37)13-17-25(32)18(27(34)26(17)33)14-24-31(8-2-10-44(38,39)40)20-6-4-16(29)12-22(20)42-24;2*1-2-4-6-5-3-1/h3-6,11-14H,1-2,7-10H2,(H2-,32,33,34,35,36,37,38,39,40);2*1-5H. The Morgan fingerprint density at radius 3 is 2.02 bits per heavy atom. The summed E-state index contributed by atoms with van der Waals surface area (Å²) < 4.78 is 67.6. The number of aliphatic hydroxyl groups excluding tert-OH is 1. The Morgan fingerprint density at radius 1 is 0.821 bits per heavy atom. The lowest BCUT2D eigenvalue weighted by Crippen LogP contribution is -2.36. The molecule has 5 aromatic rings. The van der Waals surface area contributed by atoms with Gasteiger partial charge >= 0.3 is 0 Å². The molecule has 2 aromatic carbocycles. The molecular weight excluding hydrogens is 844 g/mol. The van der Waals surface area contributed by atoms with E-state index in [4.69, 9.17) is 27.8 Å². The maximum atomic E-state index is 13.1. The largest absolute Gasteiger partial charge is 0.748 e. The van der Waals surface area contributed by atoms with Crippen LogP contribution in [-0.4, -0.2) is 70.6 Å². The number of Topliss-reactive ketones (excluding diaryl/α,β-unsaturated/α-hetero) is 2. The van der Waals surface area contributed by atoms with Crippen molar-refractivity contribution in [3.05, 3.63) is 141 Å². The monoisotopic (exact) mass is 874 g/mol. The number of aryl methyl sites for hydroxylation is 1. The highest BCUT2D eigenvalue weighted by atomic mass is 35.5. The van der Waals surface area contributed by atoms with E-state index in [0.717, 1.165) is 0 Å². The third-order valence-electron chi connectivity index (χ3n) is 7.82. The lowest BCUT2D eigenvalue weighted by Gasteiger charge is -2.20. The highest BCUT2D eigenvalue weighted by Crippen LogP contribution is 2.48. The molecule has 2 aliphatic rings. The van der Waals surface area contributed by atoms with Crippen LogP contribution in [0.2, 0.25) is 10.0 Å². The number of hydrogen-bond donors (Lipinski definition) is 2. The molecule has 2 N–H and O–H groups in total. The van der Waals surface area contributed by atoms with Crippen molar-refractivity contribution in [3.8, 4) is 0 Å². The van der Waals surface area contributed by atoms with Crippen molar-refractivity contribution in [2.75, 3.05) is 23.0 Å². The maximum absolute atomic E-state index is 13.1. The molecule has 0 saturated carbocycles. The molecule has 0 atom stereocenters. The first-order chi connectivity index (χ1) is 26.6. The van der Waals surface area contributed by atoms with E-state index >= 15 is 0 Å². The second kappa shape index (κ2) is 19.1. The molecule has 0 saturated heterocycles. The average molecular weight is 876 g/mol. The Kier molecular flexibility index (Phi) is 14.6. The Labute approximate surface area is 341 Å². The fraction of sp³-hybridized carbons (Fsp3) is 0.162. The molecular formula is C37H32Cl2N4O9S4. The molecule has 0 fully saturated rings. The summed E-state index contributed by atoms with van der Waals surface area (Å²) >= 11 is 14.7. The minimum Gasteiger partial charge on any atom is -0.748 e. The number of allylic oxidation sites excluding steroid dienone is 3. The number of aliphatic hydroxyl groups is 1. The van der Waals surface area contributed by atoms with Crippen LogP contribution in [0.4, 0.5) is 5.69 Å². The predicted molar refractivity (Wildman–Crippen MR) is 216 cm³/mol. The number of halogens is 2. The number of rotatable bonds is 10. The molecule has 19 heteroatoms. The van der Waals surface area contributed by atoms with Gasteiger partial charge in [-0.3, -0.25) is 24.1 Å². The predicted octanol–water partition coefficient (Wildman–Crippen LogP) is 6.67. The van der Waals surface area contributed by atoms with Crippen molar-refractivity contribution in [1.29, 1.82) is 0 Å². The Hall–Kier alpha value is -4.46. The van der Waals surface area contributed by atoms with Crippen LogP contribution >= 0.6 is 46.3 Å². The van der Waals surface area contributed by atoms with Gasteiger partial charge in [-0.25, -0.2) is 8.42 Å².